The molecule has 7 heteroatoms. The molecule has 0 spiro atoms. The second kappa shape index (κ2) is 8.82. The molecule has 25 heavy (non-hydrogen) atoms. The summed E-state index contributed by atoms with van der Waals surface area (Å²) >= 11 is 0. The number of likely N-dealkylation sites (N-methyl/N-ethyl adjacent to an activating group) is 1. The lowest BCUT2D eigenvalue weighted by Crippen LogP contribution is -2.58. The van der Waals surface area contributed by atoms with Crippen LogP contribution in [0.25, 0.3) is 0 Å². The molecule has 1 fully saturated rings. The van der Waals surface area contributed by atoms with Gasteiger partial charge in [-0.2, -0.15) is 0 Å². The number of piperazine rings is 1. The van der Waals surface area contributed by atoms with Crippen LogP contribution in [0.3, 0.4) is 0 Å². The van der Waals surface area contributed by atoms with E-state index < -0.39 is 6.04 Å². The van der Waals surface area contributed by atoms with E-state index >= 15 is 0 Å². The third kappa shape index (κ3) is 5.17. The third-order valence-corrected chi connectivity index (χ3v) is 4.36. The number of carbonyl (C=O) groups is 2. The average molecular weight is 348 g/mol. The number of rotatable bonds is 6. The van der Waals surface area contributed by atoms with Crippen molar-refractivity contribution >= 4 is 11.8 Å². The number of hydrazine groups is 1. The first-order valence-corrected chi connectivity index (χ1v) is 8.60. The molecule has 1 aromatic carbocycles. The van der Waals surface area contributed by atoms with Crippen LogP contribution in [0.2, 0.25) is 0 Å². The first kappa shape index (κ1) is 19.2. The summed E-state index contributed by atoms with van der Waals surface area (Å²) in [5, 5.41) is 4.75. The van der Waals surface area contributed by atoms with E-state index in [9.17, 15) is 9.59 Å². The smallest absolute Gasteiger partial charge is 0.257 e. The maximum absolute atomic E-state index is 12.6. The average Bonchev–Trinajstić information content (AvgIpc) is 2.60. The molecule has 2 amide bonds. The van der Waals surface area contributed by atoms with E-state index in [-0.39, 0.29) is 17.7 Å². The first-order chi connectivity index (χ1) is 11.9. The van der Waals surface area contributed by atoms with Crippen molar-refractivity contribution in [3.05, 3.63) is 29.8 Å². The van der Waals surface area contributed by atoms with Gasteiger partial charge in [-0.1, -0.05) is 26.0 Å². The quantitative estimate of drug-likeness (QED) is 0.793. The molecule has 0 aliphatic carbocycles. The molecule has 1 aromatic rings. The number of hydrogen-bond acceptors (Lipinski definition) is 5. The summed E-state index contributed by atoms with van der Waals surface area (Å²) in [7, 11) is 3.58. The Bertz CT molecular complexity index is 598. The van der Waals surface area contributed by atoms with E-state index in [0.29, 0.717) is 11.3 Å². The molecule has 0 saturated carbocycles. The Labute approximate surface area is 149 Å². The summed E-state index contributed by atoms with van der Waals surface area (Å²) in [5.41, 5.74) is 3.35. The predicted octanol–water partition coefficient (Wildman–Crippen LogP) is 0.728. The number of hydrogen-bond donors (Lipinski definition) is 2. The van der Waals surface area contributed by atoms with E-state index in [1.54, 1.807) is 24.3 Å². The molecule has 0 unspecified atom stereocenters. The molecule has 1 aliphatic rings. The van der Waals surface area contributed by atoms with E-state index in [4.69, 9.17) is 4.74 Å². The number of ether oxygens (including phenoxy) is 1. The highest BCUT2D eigenvalue weighted by Gasteiger charge is 2.27. The molecule has 138 valence electrons. The maximum Gasteiger partial charge on any atom is 0.257 e. The Hall–Kier alpha value is -2.12. The summed E-state index contributed by atoms with van der Waals surface area (Å²) < 4.78 is 5.23. The molecule has 7 nitrogen and oxygen atoms in total. The minimum Gasteiger partial charge on any atom is -0.496 e. The molecule has 1 heterocycles. The number of carbonyl (C=O) groups excluding carboxylic acids is 2. The van der Waals surface area contributed by atoms with Gasteiger partial charge in [0.25, 0.3) is 11.8 Å². The van der Waals surface area contributed by atoms with E-state index in [0.717, 1.165) is 26.2 Å². The van der Waals surface area contributed by atoms with E-state index in [2.05, 4.69) is 22.7 Å². The number of methoxy groups -OCH3 is 1. The SMILES string of the molecule is COc1ccccc1C(=O)N[C@H](C(=O)NN1CCN(C)CC1)C(C)C. The Morgan fingerprint density at radius 2 is 1.76 bits per heavy atom. The van der Waals surface area contributed by atoms with Crippen LogP contribution in [0.15, 0.2) is 24.3 Å². The van der Waals surface area contributed by atoms with Gasteiger partial charge in [-0.3, -0.25) is 15.0 Å². The molecule has 0 aromatic heterocycles. The summed E-state index contributed by atoms with van der Waals surface area (Å²) in [6.45, 7) is 7.18. The van der Waals surface area contributed by atoms with Crippen molar-refractivity contribution in [2.24, 2.45) is 5.92 Å². The monoisotopic (exact) mass is 348 g/mol. The molecule has 2 rings (SSSR count). The Morgan fingerprint density at radius 1 is 1.12 bits per heavy atom. The van der Waals surface area contributed by atoms with Crippen LogP contribution in [0.4, 0.5) is 0 Å². The predicted molar refractivity (Wildman–Crippen MR) is 96.3 cm³/mol. The normalized spacial score (nSPS) is 17.2. The highest BCUT2D eigenvalue weighted by atomic mass is 16.5. The Kier molecular flexibility index (Phi) is 6.78. The summed E-state index contributed by atoms with van der Waals surface area (Å²) in [6, 6.07) is 6.37. The van der Waals surface area contributed by atoms with Gasteiger partial charge >= 0.3 is 0 Å². The standard InChI is InChI=1S/C18H28N4O3/c1-13(2)16(18(24)20-22-11-9-21(3)10-12-22)19-17(23)14-7-5-6-8-15(14)25-4/h5-8,13,16H,9-12H2,1-4H3,(H,19,23)(H,20,24)/t16-/m0/s1. The van der Waals surface area contributed by atoms with Crippen molar-refractivity contribution < 1.29 is 14.3 Å². The van der Waals surface area contributed by atoms with Crippen molar-refractivity contribution in [2.45, 2.75) is 19.9 Å². The van der Waals surface area contributed by atoms with Crippen molar-refractivity contribution in [2.75, 3.05) is 40.3 Å². The van der Waals surface area contributed by atoms with Gasteiger partial charge in [-0.25, -0.2) is 5.01 Å². The van der Waals surface area contributed by atoms with E-state index in [1.165, 1.54) is 7.11 Å². The van der Waals surface area contributed by atoms with Gasteiger partial charge < -0.3 is 15.0 Å². The summed E-state index contributed by atoms with van der Waals surface area (Å²) in [4.78, 5) is 27.4. The molecule has 0 bridgehead atoms. The van der Waals surface area contributed by atoms with Crippen LogP contribution in [0, 0.1) is 5.92 Å². The van der Waals surface area contributed by atoms with Crippen molar-refractivity contribution in [3.63, 3.8) is 0 Å². The van der Waals surface area contributed by atoms with Crippen LogP contribution in [0.5, 0.6) is 5.75 Å². The van der Waals surface area contributed by atoms with Crippen molar-refractivity contribution in [1.82, 2.24) is 20.7 Å². The van der Waals surface area contributed by atoms with Gasteiger partial charge in [0.2, 0.25) is 0 Å². The fraction of sp³-hybridized carbons (Fsp3) is 0.556. The second-order valence-electron chi connectivity index (χ2n) is 6.66. The fourth-order valence-corrected chi connectivity index (χ4v) is 2.73. The molecular formula is C18H28N4O3. The second-order valence-corrected chi connectivity index (χ2v) is 6.66. The highest BCUT2D eigenvalue weighted by Crippen LogP contribution is 2.17. The van der Waals surface area contributed by atoms with Crippen LogP contribution in [-0.2, 0) is 4.79 Å². The lowest BCUT2D eigenvalue weighted by atomic mass is 10.0. The first-order valence-electron chi connectivity index (χ1n) is 8.60. The number of nitrogens with zero attached hydrogens (tertiary/aromatic N) is 2. The van der Waals surface area contributed by atoms with E-state index in [1.807, 2.05) is 18.9 Å². The number of amides is 2. The third-order valence-electron chi connectivity index (χ3n) is 4.36. The van der Waals surface area contributed by atoms with Gasteiger partial charge in [-0.05, 0) is 25.1 Å². The molecule has 2 N–H and O–H groups in total. The minimum atomic E-state index is -0.614. The van der Waals surface area contributed by atoms with Crippen LogP contribution >= 0.6 is 0 Å². The van der Waals surface area contributed by atoms with Crippen molar-refractivity contribution in [1.29, 1.82) is 0 Å². The number of para-hydroxylation sites is 1. The molecule has 0 radical (unpaired) electrons. The zero-order valence-electron chi connectivity index (χ0n) is 15.4. The van der Waals surface area contributed by atoms with Gasteiger partial charge in [-0.15, -0.1) is 0 Å². The number of benzene rings is 1. The maximum atomic E-state index is 12.6. The lowest BCUT2D eigenvalue weighted by molar-refractivity contribution is -0.129. The van der Waals surface area contributed by atoms with Crippen LogP contribution in [0.1, 0.15) is 24.2 Å². The lowest BCUT2D eigenvalue weighted by Gasteiger charge is -2.34. The zero-order valence-corrected chi connectivity index (χ0v) is 15.4. The van der Waals surface area contributed by atoms with Crippen LogP contribution < -0.4 is 15.5 Å². The topological polar surface area (TPSA) is 73.9 Å². The Balaban J connectivity index is 2.02. The van der Waals surface area contributed by atoms with Gasteiger partial charge in [0.1, 0.15) is 11.8 Å². The molecular weight excluding hydrogens is 320 g/mol. The summed E-state index contributed by atoms with van der Waals surface area (Å²) in [5.74, 6) is -0.0550. The van der Waals surface area contributed by atoms with Crippen molar-refractivity contribution in [3.8, 4) is 5.75 Å². The van der Waals surface area contributed by atoms with Crippen LogP contribution in [-0.4, -0.2) is 68.1 Å². The number of nitrogens with one attached hydrogen (secondary N) is 2. The Morgan fingerprint density at radius 3 is 2.36 bits per heavy atom. The zero-order chi connectivity index (χ0) is 18.4. The largest absolute Gasteiger partial charge is 0.496 e. The highest BCUT2D eigenvalue weighted by molar-refractivity contribution is 5.99. The fourth-order valence-electron chi connectivity index (χ4n) is 2.73. The van der Waals surface area contributed by atoms with Gasteiger partial charge in [0, 0.05) is 26.2 Å². The summed E-state index contributed by atoms with van der Waals surface area (Å²) in [6.07, 6.45) is 0. The molecule has 1 aliphatic heterocycles. The van der Waals surface area contributed by atoms with Gasteiger partial charge in [0.15, 0.2) is 0 Å². The minimum absolute atomic E-state index is 0.0360. The molecule has 1 atom stereocenters. The molecule has 1 saturated heterocycles. The van der Waals surface area contributed by atoms with Gasteiger partial charge in [0.05, 0.1) is 12.7 Å².